The van der Waals surface area contributed by atoms with Gasteiger partial charge in [0.15, 0.2) is 6.29 Å². The van der Waals surface area contributed by atoms with Crippen LogP contribution in [0.25, 0.3) is 0 Å². The molecule has 0 N–H and O–H groups in total. The molecular weight excluding hydrogens is 445 g/mol. The summed E-state index contributed by atoms with van der Waals surface area (Å²) in [5.74, 6) is -0.105. The first-order valence-corrected chi connectivity index (χ1v) is 12.3. The largest absolute Gasteiger partial charge is 0.353 e. The number of nitrogens with zero attached hydrogens (tertiary/aromatic N) is 1. The number of sulfonamides is 1. The van der Waals surface area contributed by atoms with Crippen LogP contribution in [0.5, 0.6) is 0 Å². The topological polar surface area (TPSA) is 55.8 Å². The van der Waals surface area contributed by atoms with Gasteiger partial charge in [-0.3, -0.25) is 0 Å². The lowest BCUT2D eigenvalue weighted by Gasteiger charge is -2.26. The first kappa shape index (κ1) is 23.5. The zero-order valence-corrected chi connectivity index (χ0v) is 19.3. The third-order valence-electron chi connectivity index (χ3n) is 5.25. The highest BCUT2D eigenvalue weighted by Crippen LogP contribution is 2.30. The van der Waals surface area contributed by atoms with Crippen molar-refractivity contribution < 1.29 is 17.9 Å². The van der Waals surface area contributed by atoms with Gasteiger partial charge in [0.05, 0.1) is 21.5 Å². The Hall–Kier alpha value is -1.15. The standard InChI is InChI=1S/C22H27Cl2NO4S/c1-25(30(26,27)19-7-3-2-4-8-19)16-18(17-10-11-20(23)21(24)15-17)12-14-29-22-9-5-6-13-28-22/h2-4,7-8,10-11,15,18,22H,5-6,9,12-14,16H2,1H3. The van der Waals surface area contributed by atoms with Crippen molar-refractivity contribution in [1.29, 1.82) is 0 Å². The molecule has 0 bridgehead atoms. The van der Waals surface area contributed by atoms with Crippen molar-refractivity contribution in [2.45, 2.75) is 42.8 Å². The Morgan fingerprint density at radius 1 is 1.13 bits per heavy atom. The molecule has 0 aliphatic carbocycles. The Labute approximate surface area is 188 Å². The van der Waals surface area contributed by atoms with Crippen LogP contribution in [0.15, 0.2) is 53.4 Å². The maximum atomic E-state index is 13.0. The van der Waals surface area contributed by atoms with Crippen molar-refractivity contribution in [3.8, 4) is 0 Å². The average Bonchev–Trinajstić information content (AvgIpc) is 2.76. The molecule has 5 nitrogen and oxygen atoms in total. The molecule has 8 heteroatoms. The molecule has 0 amide bonds. The Balaban J connectivity index is 1.73. The summed E-state index contributed by atoms with van der Waals surface area (Å²) in [4.78, 5) is 0.271. The molecule has 2 unspecified atom stereocenters. The molecule has 1 aliphatic rings. The Morgan fingerprint density at radius 3 is 2.57 bits per heavy atom. The Morgan fingerprint density at radius 2 is 1.90 bits per heavy atom. The van der Waals surface area contributed by atoms with E-state index in [1.54, 1.807) is 49.5 Å². The molecule has 0 saturated carbocycles. The van der Waals surface area contributed by atoms with E-state index in [2.05, 4.69) is 0 Å². The summed E-state index contributed by atoms with van der Waals surface area (Å²) in [6, 6.07) is 13.9. The number of halogens is 2. The van der Waals surface area contributed by atoms with E-state index in [-0.39, 0.29) is 17.1 Å². The average molecular weight is 472 g/mol. The monoisotopic (exact) mass is 471 g/mol. The molecule has 1 fully saturated rings. The highest BCUT2D eigenvalue weighted by atomic mass is 35.5. The van der Waals surface area contributed by atoms with E-state index in [9.17, 15) is 8.42 Å². The van der Waals surface area contributed by atoms with Crippen molar-refractivity contribution in [3.05, 3.63) is 64.1 Å². The number of likely N-dealkylation sites (N-methyl/N-ethyl adjacent to an activating group) is 1. The maximum absolute atomic E-state index is 13.0. The van der Waals surface area contributed by atoms with Crippen LogP contribution in [0.3, 0.4) is 0 Å². The van der Waals surface area contributed by atoms with Gasteiger partial charge in [-0.15, -0.1) is 0 Å². The van der Waals surface area contributed by atoms with Gasteiger partial charge in [-0.2, -0.15) is 0 Å². The van der Waals surface area contributed by atoms with Crippen molar-refractivity contribution >= 4 is 33.2 Å². The van der Waals surface area contributed by atoms with Crippen LogP contribution < -0.4 is 0 Å². The van der Waals surface area contributed by atoms with Crippen LogP contribution in [-0.4, -0.2) is 45.8 Å². The zero-order chi connectivity index (χ0) is 21.6. The third-order valence-corrected chi connectivity index (χ3v) is 7.83. The second-order valence-electron chi connectivity index (χ2n) is 7.42. The number of benzene rings is 2. The molecule has 164 valence electrons. The summed E-state index contributed by atoms with van der Waals surface area (Å²) < 4.78 is 38.8. The maximum Gasteiger partial charge on any atom is 0.242 e. The predicted octanol–water partition coefficient (Wildman–Crippen LogP) is 5.33. The molecule has 2 aromatic rings. The van der Waals surface area contributed by atoms with Crippen molar-refractivity contribution in [3.63, 3.8) is 0 Å². The highest BCUT2D eigenvalue weighted by Gasteiger charge is 2.25. The van der Waals surface area contributed by atoms with Crippen molar-refractivity contribution in [1.82, 2.24) is 4.31 Å². The molecule has 2 atom stereocenters. The van der Waals surface area contributed by atoms with Crippen LogP contribution in [-0.2, 0) is 19.5 Å². The summed E-state index contributed by atoms with van der Waals surface area (Å²) in [7, 11) is -2.00. The zero-order valence-electron chi connectivity index (χ0n) is 17.0. The lowest BCUT2D eigenvalue weighted by atomic mass is 9.96. The summed E-state index contributed by atoms with van der Waals surface area (Å²) in [5.41, 5.74) is 0.924. The number of rotatable bonds is 9. The van der Waals surface area contributed by atoms with Crippen LogP contribution in [0.2, 0.25) is 10.0 Å². The second-order valence-corrected chi connectivity index (χ2v) is 10.3. The van der Waals surface area contributed by atoms with E-state index in [0.29, 0.717) is 29.6 Å². The van der Waals surface area contributed by atoms with Crippen LogP contribution in [0.4, 0.5) is 0 Å². The molecule has 2 aromatic carbocycles. The van der Waals surface area contributed by atoms with E-state index in [1.807, 2.05) is 6.07 Å². The van der Waals surface area contributed by atoms with Gasteiger partial charge in [-0.1, -0.05) is 47.5 Å². The van der Waals surface area contributed by atoms with Gasteiger partial charge in [-0.25, -0.2) is 12.7 Å². The molecule has 30 heavy (non-hydrogen) atoms. The summed E-state index contributed by atoms with van der Waals surface area (Å²) in [6.07, 6.45) is 3.50. The predicted molar refractivity (Wildman–Crippen MR) is 120 cm³/mol. The molecule has 1 heterocycles. The van der Waals surface area contributed by atoms with Crippen LogP contribution in [0, 0.1) is 0 Å². The fourth-order valence-corrected chi connectivity index (χ4v) is 5.04. The SMILES string of the molecule is CN(CC(CCOC1CCCCO1)c1ccc(Cl)c(Cl)c1)S(=O)(=O)c1ccccc1. The van der Waals surface area contributed by atoms with E-state index in [0.717, 1.165) is 31.4 Å². The minimum Gasteiger partial charge on any atom is -0.353 e. The van der Waals surface area contributed by atoms with Gasteiger partial charge in [0, 0.05) is 20.2 Å². The van der Waals surface area contributed by atoms with E-state index in [4.69, 9.17) is 32.7 Å². The quantitative estimate of drug-likeness (QED) is 0.495. The Bertz CT molecular complexity index is 918. The van der Waals surface area contributed by atoms with E-state index in [1.165, 1.54) is 4.31 Å². The lowest BCUT2D eigenvalue weighted by Crippen LogP contribution is -2.32. The smallest absolute Gasteiger partial charge is 0.242 e. The number of hydrogen-bond donors (Lipinski definition) is 0. The first-order valence-electron chi connectivity index (χ1n) is 10.1. The number of ether oxygens (including phenoxy) is 2. The van der Waals surface area contributed by atoms with Gasteiger partial charge in [0.1, 0.15) is 0 Å². The fourth-order valence-electron chi connectivity index (χ4n) is 3.49. The van der Waals surface area contributed by atoms with Gasteiger partial charge in [-0.05, 0) is 61.4 Å². The summed E-state index contributed by atoms with van der Waals surface area (Å²) in [5, 5.41) is 0.917. The minimum atomic E-state index is -3.60. The third kappa shape index (κ3) is 6.19. The lowest BCUT2D eigenvalue weighted by molar-refractivity contribution is -0.163. The second kappa shape index (κ2) is 10.9. The van der Waals surface area contributed by atoms with Gasteiger partial charge >= 0.3 is 0 Å². The fraction of sp³-hybridized carbons (Fsp3) is 0.455. The van der Waals surface area contributed by atoms with E-state index >= 15 is 0 Å². The van der Waals surface area contributed by atoms with E-state index < -0.39 is 10.0 Å². The highest BCUT2D eigenvalue weighted by molar-refractivity contribution is 7.89. The van der Waals surface area contributed by atoms with Crippen LogP contribution in [0.1, 0.15) is 37.2 Å². The Kier molecular flexibility index (Phi) is 8.57. The molecule has 1 aliphatic heterocycles. The summed E-state index contributed by atoms with van der Waals surface area (Å²) >= 11 is 12.3. The van der Waals surface area contributed by atoms with Crippen molar-refractivity contribution in [2.75, 3.05) is 26.8 Å². The molecular formula is C22H27Cl2NO4S. The van der Waals surface area contributed by atoms with Crippen LogP contribution >= 0.6 is 23.2 Å². The minimum absolute atomic E-state index is 0.105. The molecule has 0 aromatic heterocycles. The molecule has 1 saturated heterocycles. The van der Waals surface area contributed by atoms with Gasteiger partial charge in [0.2, 0.25) is 10.0 Å². The number of hydrogen-bond acceptors (Lipinski definition) is 4. The van der Waals surface area contributed by atoms with Crippen molar-refractivity contribution in [2.24, 2.45) is 0 Å². The van der Waals surface area contributed by atoms with Gasteiger partial charge < -0.3 is 9.47 Å². The first-order chi connectivity index (χ1) is 14.4. The summed E-state index contributed by atoms with van der Waals surface area (Å²) in [6.45, 7) is 1.48. The molecule has 0 radical (unpaired) electrons. The van der Waals surface area contributed by atoms with Gasteiger partial charge in [0.25, 0.3) is 0 Å². The normalized spacial score (nSPS) is 18.5. The molecule has 0 spiro atoms. The molecule has 3 rings (SSSR count).